The number of rotatable bonds is 9. The number of benzene rings is 3. The molecule has 1 saturated carbocycles. The number of anilines is 2. The zero-order valence-corrected chi connectivity index (χ0v) is 25.9. The molecule has 1 aliphatic rings. The van der Waals surface area contributed by atoms with Crippen LogP contribution in [0, 0.1) is 13.8 Å². The number of carbonyl (C=O) groups excluding carboxylic acids is 2. The van der Waals surface area contributed by atoms with E-state index in [1.807, 2.05) is 80.6 Å². The molecule has 224 valence electrons. The van der Waals surface area contributed by atoms with Gasteiger partial charge in [-0.05, 0) is 97.4 Å². The second kappa shape index (κ2) is 13.3. The van der Waals surface area contributed by atoms with E-state index < -0.39 is 6.04 Å². The number of nitrogens with two attached hydrogens (primary N) is 1. The van der Waals surface area contributed by atoms with E-state index in [9.17, 15) is 9.59 Å². The van der Waals surface area contributed by atoms with E-state index in [0.717, 1.165) is 53.9 Å². The largest absolute Gasteiger partial charge is 0.497 e. The number of nitrogens with one attached hydrogen (secondary N) is 1. The molecule has 8 nitrogen and oxygen atoms in total. The molecule has 0 unspecified atom stereocenters. The molecule has 1 aliphatic carbocycles. The summed E-state index contributed by atoms with van der Waals surface area (Å²) in [7, 11) is 3.20. The standard InChI is InChI=1S/C34H38N4O4S/c1-21-9-8-12-28(22(21)2)38(34(40)32-29(35)30(37-43-32)23-13-17-26(41-3)18-14-23)31(24-15-19-27(42-4)20-16-24)33(39)36-25-10-6-5-7-11-25/h8-9,12-20,25,31H,5-7,10-11,35H2,1-4H3,(H,36,39)/t31-/m1/s1. The summed E-state index contributed by atoms with van der Waals surface area (Å²) in [5, 5.41) is 3.27. The van der Waals surface area contributed by atoms with Gasteiger partial charge in [0.05, 0.1) is 19.9 Å². The smallest absolute Gasteiger partial charge is 0.273 e. The van der Waals surface area contributed by atoms with E-state index in [4.69, 9.17) is 15.2 Å². The summed E-state index contributed by atoms with van der Waals surface area (Å²) in [6.45, 7) is 3.96. The second-order valence-corrected chi connectivity index (χ2v) is 11.7. The fraction of sp³-hybridized carbons (Fsp3) is 0.324. The Morgan fingerprint density at radius 2 is 1.56 bits per heavy atom. The van der Waals surface area contributed by atoms with Gasteiger partial charge in [-0.15, -0.1) is 0 Å². The van der Waals surface area contributed by atoms with Crippen LogP contribution in [0.3, 0.4) is 0 Å². The molecule has 3 N–H and O–H groups in total. The van der Waals surface area contributed by atoms with Gasteiger partial charge in [0.1, 0.15) is 28.1 Å². The summed E-state index contributed by atoms with van der Waals surface area (Å²) in [6, 6.07) is 19.6. The molecule has 1 aromatic heterocycles. The van der Waals surface area contributed by atoms with Crippen LogP contribution in [-0.2, 0) is 4.79 Å². The molecule has 0 saturated heterocycles. The molecule has 9 heteroatoms. The lowest BCUT2D eigenvalue weighted by Crippen LogP contribution is -2.47. The molecule has 43 heavy (non-hydrogen) atoms. The quantitative estimate of drug-likeness (QED) is 0.218. The first-order valence-electron chi connectivity index (χ1n) is 14.6. The number of amides is 2. The highest BCUT2D eigenvalue weighted by Gasteiger charge is 2.37. The van der Waals surface area contributed by atoms with E-state index >= 15 is 0 Å². The van der Waals surface area contributed by atoms with Crippen LogP contribution in [0.2, 0.25) is 0 Å². The highest BCUT2D eigenvalue weighted by atomic mass is 32.1. The number of ether oxygens (including phenoxy) is 2. The molecule has 4 aromatic rings. The molecule has 0 aliphatic heterocycles. The van der Waals surface area contributed by atoms with Crippen molar-refractivity contribution in [2.24, 2.45) is 0 Å². The number of aryl methyl sites for hydroxylation is 1. The number of carbonyl (C=O) groups is 2. The van der Waals surface area contributed by atoms with Gasteiger partial charge >= 0.3 is 0 Å². The third-order valence-corrected chi connectivity index (χ3v) is 9.08. The van der Waals surface area contributed by atoms with Crippen LogP contribution in [0.4, 0.5) is 11.4 Å². The van der Waals surface area contributed by atoms with Crippen molar-refractivity contribution in [1.29, 1.82) is 0 Å². The van der Waals surface area contributed by atoms with Crippen molar-refractivity contribution < 1.29 is 19.1 Å². The summed E-state index contributed by atoms with van der Waals surface area (Å²) in [5.41, 5.74) is 11.4. The lowest BCUT2D eigenvalue weighted by Gasteiger charge is -2.34. The van der Waals surface area contributed by atoms with Crippen LogP contribution in [-0.4, -0.2) is 36.4 Å². The summed E-state index contributed by atoms with van der Waals surface area (Å²) in [4.78, 5) is 30.9. The first kappa shape index (κ1) is 30.1. The molecule has 1 atom stereocenters. The first-order valence-corrected chi connectivity index (χ1v) is 15.3. The van der Waals surface area contributed by atoms with Crippen LogP contribution >= 0.6 is 11.5 Å². The van der Waals surface area contributed by atoms with Crippen molar-refractivity contribution in [3.05, 3.63) is 88.3 Å². The van der Waals surface area contributed by atoms with Crippen LogP contribution < -0.4 is 25.4 Å². The number of nitrogens with zero attached hydrogens (tertiary/aromatic N) is 2. The first-order chi connectivity index (χ1) is 20.8. The average Bonchev–Trinajstić information content (AvgIpc) is 3.42. The maximum Gasteiger partial charge on any atom is 0.273 e. The summed E-state index contributed by atoms with van der Waals surface area (Å²) in [5.74, 6) is 0.754. The maximum absolute atomic E-state index is 14.7. The maximum atomic E-state index is 14.7. The molecular formula is C34H38N4O4S. The number of aromatic nitrogens is 1. The monoisotopic (exact) mass is 598 g/mol. The lowest BCUT2D eigenvalue weighted by molar-refractivity contribution is -0.123. The van der Waals surface area contributed by atoms with Gasteiger partial charge in [0.25, 0.3) is 5.91 Å². The number of nitrogen functional groups attached to an aromatic ring is 1. The molecule has 5 rings (SSSR count). The van der Waals surface area contributed by atoms with Crippen LogP contribution in [0.25, 0.3) is 11.3 Å². The van der Waals surface area contributed by atoms with E-state index in [2.05, 4.69) is 9.69 Å². The van der Waals surface area contributed by atoms with E-state index in [0.29, 0.717) is 28.4 Å². The lowest BCUT2D eigenvalue weighted by atomic mass is 9.94. The van der Waals surface area contributed by atoms with Gasteiger partial charge in [-0.2, -0.15) is 4.37 Å². The van der Waals surface area contributed by atoms with Gasteiger partial charge in [0.15, 0.2) is 0 Å². The summed E-state index contributed by atoms with van der Waals surface area (Å²) in [6.07, 6.45) is 5.16. The Labute approximate surface area is 257 Å². The molecule has 1 heterocycles. The van der Waals surface area contributed by atoms with Crippen molar-refractivity contribution >= 4 is 34.7 Å². The Hall–Kier alpha value is -4.37. The zero-order chi connectivity index (χ0) is 30.5. The molecule has 2 amide bonds. The third kappa shape index (κ3) is 6.37. The van der Waals surface area contributed by atoms with E-state index in [1.165, 1.54) is 6.42 Å². The molecule has 0 spiro atoms. The second-order valence-electron chi connectivity index (χ2n) is 10.9. The predicted molar refractivity (Wildman–Crippen MR) is 172 cm³/mol. The molecule has 1 fully saturated rings. The Kier molecular flexibility index (Phi) is 9.31. The Bertz CT molecular complexity index is 1580. The SMILES string of the molecule is COc1ccc(-c2nsc(C(=O)N(c3cccc(C)c3C)[C@@H](C(=O)NC3CCCCC3)c3ccc(OC)cc3)c2N)cc1. The van der Waals surface area contributed by atoms with Crippen molar-refractivity contribution in [2.45, 2.75) is 58.0 Å². The Morgan fingerprint density at radius 1 is 0.930 bits per heavy atom. The normalized spacial score (nSPS) is 14.1. The highest BCUT2D eigenvalue weighted by Crippen LogP contribution is 2.38. The van der Waals surface area contributed by atoms with E-state index in [1.54, 1.807) is 19.1 Å². The van der Waals surface area contributed by atoms with Gasteiger partial charge in [-0.3, -0.25) is 14.5 Å². The van der Waals surface area contributed by atoms with Crippen molar-refractivity contribution in [3.63, 3.8) is 0 Å². The summed E-state index contributed by atoms with van der Waals surface area (Å²) < 4.78 is 15.3. The molecule has 0 radical (unpaired) electrons. The minimum absolute atomic E-state index is 0.0627. The van der Waals surface area contributed by atoms with Crippen LogP contribution in [0.15, 0.2) is 66.7 Å². The fourth-order valence-corrected chi connectivity index (χ4v) is 6.37. The molecule has 3 aromatic carbocycles. The van der Waals surface area contributed by atoms with E-state index in [-0.39, 0.29) is 28.4 Å². The Morgan fingerprint density at radius 3 is 2.19 bits per heavy atom. The van der Waals surface area contributed by atoms with Crippen molar-refractivity contribution in [3.8, 4) is 22.8 Å². The number of hydrogen-bond donors (Lipinski definition) is 2. The van der Waals surface area contributed by atoms with Gasteiger partial charge in [-0.1, -0.05) is 43.5 Å². The van der Waals surface area contributed by atoms with Gasteiger partial charge in [-0.25, -0.2) is 0 Å². The Balaban J connectivity index is 1.63. The number of hydrogen-bond acceptors (Lipinski definition) is 7. The van der Waals surface area contributed by atoms with Gasteiger partial charge < -0.3 is 20.5 Å². The minimum Gasteiger partial charge on any atom is -0.497 e. The minimum atomic E-state index is -0.952. The third-order valence-electron chi connectivity index (χ3n) is 8.23. The molecular weight excluding hydrogens is 560 g/mol. The number of methoxy groups -OCH3 is 2. The highest BCUT2D eigenvalue weighted by molar-refractivity contribution is 7.09. The van der Waals surface area contributed by atoms with Crippen LogP contribution in [0.5, 0.6) is 11.5 Å². The zero-order valence-electron chi connectivity index (χ0n) is 25.1. The van der Waals surface area contributed by atoms with Gasteiger partial charge in [0.2, 0.25) is 5.91 Å². The van der Waals surface area contributed by atoms with Crippen molar-refractivity contribution in [2.75, 3.05) is 24.9 Å². The fourth-order valence-electron chi connectivity index (χ4n) is 5.61. The average molecular weight is 599 g/mol. The van der Waals surface area contributed by atoms with Gasteiger partial charge in [0, 0.05) is 17.3 Å². The van der Waals surface area contributed by atoms with Crippen LogP contribution in [0.1, 0.15) is 64.5 Å². The topological polar surface area (TPSA) is 107 Å². The van der Waals surface area contributed by atoms with Crippen molar-refractivity contribution in [1.82, 2.24) is 9.69 Å². The predicted octanol–water partition coefficient (Wildman–Crippen LogP) is 6.86. The molecule has 0 bridgehead atoms. The summed E-state index contributed by atoms with van der Waals surface area (Å²) >= 11 is 1.04.